The van der Waals surface area contributed by atoms with Crippen LogP contribution < -0.4 is 5.32 Å². The van der Waals surface area contributed by atoms with Crippen LogP contribution in [0.1, 0.15) is 50.7 Å². The van der Waals surface area contributed by atoms with Crippen LogP contribution >= 0.6 is 11.8 Å². The molecule has 1 fully saturated rings. The van der Waals surface area contributed by atoms with Crippen LogP contribution in [0.25, 0.3) is 11.1 Å². The molecule has 0 bridgehead atoms. The van der Waals surface area contributed by atoms with Gasteiger partial charge < -0.3 is 20.1 Å². The summed E-state index contributed by atoms with van der Waals surface area (Å²) in [6.07, 6.45) is -0.00702. The second-order valence-corrected chi connectivity index (χ2v) is 10.6. The molecule has 2 N–H and O–H groups in total. The van der Waals surface area contributed by atoms with Crippen LogP contribution in [-0.2, 0) is 14.3 Å². The molecule has 4 rings (SSSR count). The van der Waals surface area contributed by atoms with E-state index < -0.39 is 24.1 Å². The van der Waals surface area contributed by atoms with Gasteiger partial charge >= 0.3 is 12.1 Å². The molecular weight excluding hydrogens is 464 g/mol. The second-order valence-electron chi connectivity index (χ2n) is 9.40. The molecule has 1 aliphatic carbocycles. The average Bonchev–Trinajstić information content (AvgIpc) is 3.43. The van der Waals surface area contributed by atoms with Crippen molar-refractivity contribution in [1.29, 1.82) is 0 Å². The van der Waals surface area contributed by atoms with Gasteiger partial charge in [0.05, 0.1) is 5.37 Å². The average molecular weight is 497 g/mol. The number of hydrogen-bond donors (Lipinski definition) is 2. The zero-order valence-electron chi connectivity index (χ0n) is 20.3. The van der Waals surface area contributed by atoms with E-state index in [1.807, 2.05) is 45.0 Å². The summed E-state index contributed by atoms with van der Waals surface area (Å²) in [5.41, 5.74) is 4.58. The number of carbonyl (C=O) groups excluding carboxylic acids is 2. The zero-order chi connectivity index (χ0) is 25.1. The number of amides is 2. The Hall–Kier alpha value is -3.00. The molecule has 2 aliphatic rings. The van der Waals surface area contributed by atoms with Crippen LogP contribution in [0, 0.1) is 5.92 Å². The number of nitrogens with zero attached hydrogens (tertiary/aromatic N) is 1. The maximum Gasteiger partial charge on any atom is 0.407 e. The van der Waals surface area contributed by atoms with Gasteiger partial charge in [0.25, 0.3) is 0 Å². The van der Waals surface area contributed by atoms with Crippen molar-refractivity contribution in [3.63, 3.8) is 0 Å². The van der Waals surface area contributed by atoms with E-state index in [1.165, 1.54) is 16.7 Å². The van der Waals surface area contributed by atoms with Crippen molar-refractivity contribution in [2.24, 2.45) is 5.92 Å². The minimum absolute atomic E-state index is 0.0360. The minimum Gasteiger partial charge on any atom is -0.480 e. The maximum atomic E-state index is 13.1. The Kier molecular flexibility index (Phi) is 7.69. The van der Waals surface area contributed by atoms with Gasteiger partial charge in [-0.1, -0.05) is 69.3 Å². The molecule has 3 atom stereocenters. The predicted molar refractivity (Wildman–Crippen MR) is 136 cm³/mol. The quantitative estimate of drug-likeness (QED) is 0.550. The van der Waals surface area contributed by atoms with Crippen LogP contribution in [0.3, 0.4) is 0 Å². The molecule has 3 unspecified atom stereocenters. The van der Waals surface area contributed by atoms with Crippen molar-refractivity contribution >= 4 is 29.7 Å². The molecule has 2 aromatic carbocycles. The molecular formula is C27H32N2O5S. The molecule has 0 saturated carbocycles. The first-order valence-corrected chi connectivity index (χ1v) is 13.1. The highest BCUT2D eigenvalue weighted by Crippen LogP contribution is 2.44. The standard InChI is InChI=1S/C27H32N2O5S/c1-4-17(13-24(30)29-23(26(31)32)15-35-25(29)16(2)3)28-27(33)34-14-22-20-11-7-5-9-18(20)19-10-6-8-12-21(19)22/h5-12,16-17,22-23,25H,4,13-15H2,1-3H3,(H,28,33)(H,31,32). The van der Waals surface area contributed by atoms with Crippen molar-refractivity contribution in [2.75, 3.05) is 12.4 Å². The third-order valence-corrected chi connectivity index (χ3v) is 8.38. The number of carboxylic acid groups (broad SMARTS) is 1. The normalized spacial score (nSPS) is 19.8. The highest BCUT2D eigenvalue weighted by molar-refractivity contribution is 8.00. The Morgan fingerprint density at radius 3 is 2.23 bits per heavy atom. The number of hydrogen-bond acceptors (Lipinski definition) is 5. The number of aliphatic carboxylic acids is 1. The lowest BCUT2D eigenvalue weighted by atomic mass is 9.98. The topological polar surface area (TPSA) is 95.9 Å². The fourth-order valence-electron chi connectivity index (χ4n) is 4.97. The van der Waals surface area contributed by atoms with E-state index in [1.54, 1.807) is 0 Å². The molecule has 35 heavy (non-hydrogen) atoms. The second kappa shape index (κ2) is 10.7. The van der Waals surface area contributed by atoms with E-state index in [2.05, 4.69) is 29.6 Å². The Labute approximate surface area is 210 Å². The van der Waals surface area contributed by atoms with Crippen molar-refractivity contribution in [3.05, 3.63) is 59.7 Å². The van der Waals surface area contributed by atoms with Gasteiger partial charge in [-0.05, 0) is 34.6 Å². The van der Waals surface area contributed by atoms with Gasteiger partial charge in [-0.3, -0.25) is 4.79 Å². The number of nitrogens with one attached hydrogen (secondary N) is 1. The first-order chi connectivity index (χ1) is 16.8. The zero-order valence-corrected chi connectivity index (χ0v) is 21.1. The summed E-state index contributed by atoms with van der Waals surface area (Å²) in [5.74, 6) is -0.790. The number of alkyl carbamates (subject to hydrolysis) is 1. The Morgan fingerprint density at radius 1 is 1.09 bits per heavy atom. The minimum atomic E-state index is -0.994. The number of carboxylic acids is 1. The van der Waals surface area contributed by atoms with Crippen LogP contribution in [0.5, 0.6) is 0 Å². The molecule has 0 radical (unpaired) electrons. The summed E-state index contributed by atoms with van der Waals surface area (Å²) in [6, 6.07) is 15.0. The number of thioether (sulfide) groups is 1. The van der Waals surface area contributed by atoms with Crippen LogP contribution in [0.4, 0.5) is 4.79 Å². The van der Waals surface area contributed by atoms with E-state index >= 15 is 0 Å². The third kappa shape index (κ3) is 5.17. The summed E-state index contributed by atoms with van der Waals surface area (Å²) in [5, 5.41) is 12.2. The number of fused-ring (bicyclic) bond motifs is 3. The molecule has 0 aromatic heterocycles. The van der Waals surface area contributed by atoms with Crippen molar-refractivity contribution in [1.82, 2.24) is 10.2 Å². The third-order valence-electron chi connectivity index (χ3n) is 6.76. The smallest absolute Gasteiger partial charge is 0.407 e. The number of rotatable bonds is 8. The highest BCUT2D eigenvalue weighted by Gasteiger charge is 2.43. The molecule has 1 aliphatic heterocycles. The fourth-order valence-corrected chi connectivity index (χ4v) is 6.46. The van der Waals surface area contributed by atoms with Crippen LogP contribution in [0.2, 0.25) is 0 Å². The lowest BCUT2D eigenvalue weighted by molar-refractivity contribution is -0.149. The van der Waals surface area contributed by atoms with E-state index in [9.17, 15) is 19.5 Å². The summed E-state index contributed by atoms with van der Waals surface area (Å²) >= 11 is 1.50. The van der Waals surface area contributed by atoms with Crippen LogP contribution in [-0.4, -0.2) is 57.8 Å². The fraction of sp³-hybridized carbons (Fsp3) is 0.444. The summed E-state index contributed by atoms with van der Waals surface area (Å²) < 4.78 is 5.62. The largest absolute Gasteiger partial charge is 0.480 e. The number of carbonyl (C=O) groups is 3. The van der Waals surface area contributed by atoms with Gasteiger partial charge in [0.15, 0.2) is 0 Å². The molecule has 1 heterocycles. The van der Waals surface area contributed by atoms with E-state index in [-0.39, 0.29) is 36.1 Å². The van der Waals surface area contributed by atoms with Gasteiger partial charge in [-0.15, -0.1) is 11.8 Å². The summed E-state index contributed by atoms with van der Waals surface area (Å²) in [6.45, 7) is 6.04. The number of benzene rings is 2. The van der Waals surface area contributed by atoms with Crippen LogP contribution in [0.15, 0.2) is 48.5 Å². The monoisotopic (exact) mass is 496 g/mol. The molecule has 8 heteroatoms. The Bertz CT molecular complexity index is 1060. The number of ether oxygens (including phenoxy) is 1. The first-order valence-electron chi connectivity index (χ1n) is 12.1. The van der Waals surface area contributed by atoms with E-state index in [0.29, 0.717) is 12.2 Å². The summed E-state index contributed by atoms with van der Waals surface area (Å²) in [4.78, 5) is 39.0. The van der Waals surface area contributed by atoms with Gasteiger partial charge in [-0.25, -0.2) is 9.59 Å². The molecule has 2 amide bonds. The SMILES string of the molecule is CCC(CC(=O)N1C(C(=O)O)CSC1C(C)C)NC(=O)OCC1c2ccccc2-c2ccccc21. The van der Waals surface area contributed by atoms with Gasteiger partial charge in [0.2, 0.25) is 5.91 Å². The van der Waals surface area contributed by atoms with Crippen molar-refractivity contribution in [2.45, 2.75) is 57.0 Å². The molecule has 186 valence electrons. The van der Waals surface area contributed by atoms with Gasteiger partial charge in [-0.2, -0.15) is 0 Å². The van der Waals surface area contributed by atoms with Crippen molar-refractivity contribution < 1.29 is 24.2 Å². The lowest BCUT2D eigenvalue weighted by Crippen LogP contribution is -2.49. The van der Waals surface area contributed by atoms with Gasteiger partial charge in [0, 0.05) is 24.1 Å². The highest BCUT2D eigenvalue weighted by atomic mass is 32.2. The summed E-state index contributed by atoms with van der Waals surface area (Å²) in [7, 11) is 0. The first kappa shape index (κ1) is 25.1. The Morgan fingerprint density at radius 2 is 1.69 bits per heavy atom. The predicted octanol–water partition coefficient (Wildman–Crippen LogP) is 4.70. The molecule has 2 aromatic rings. The molecule has 1 saturated heterocycles. The maximum absolute atomic E-state index is 13.1. The molecule has 0 spiro atoms. The van der Waals surface area contributed by atoms with E-state index in [0.717, 1.165) is 22.3 Å². The van der Waals surface area contributed by atoms with Gasteiger partial charge in [0.1, 0.15) is 12.6 Å². The van der Waals surface area contributed by atoms with E-state index in [4.69, 9.17) is 4.74 Å². The Balaban J connectivity index is 1.38. The lowest BCUT2D eigenvalue weighted by Gasteiger charge is -2.31. The van der Waals surface area contributed by atoms with Crippen molar-refractivity contribution in [3.8, 4) is 11.1 Å². The molecule has 7 nitrogen and oxygen atoms in total.